The molecule has 2 rings (SSSR count). The number of nitrogens with zero attached hydrogens (tertiary/aromatic N) is 3. The van der Waals surface area contributed by atoms with Crippen molar-refractivity contribution < 1.29 is 0 Å². The minimum absolute atomic E-state index is 0.785. The van der Waals surface area contributed by atoms with E-state index in [1.54, 1.807) is 0 Å². The molecule has 0 saturated carbocycles. The fraction of sp³-hybridized carbons (Fsp3) is 0.333. The van der Waals surface area contributed by atoms with Gasteiger partial charge in [0.1, 0.15) is 0 Å². The second-order valence-electron chi connectivity index (χ2n) is 3.87. The van der Waals surface area contributed by atoms with Crippen molar-refractivity contribution >= 4 is 0 Å². The molecule has 0 saturated heterocycles. The van der Waals surface area contributed by atoms with E-state index in [1.807, 2.05) is 49.3 Å². The van der Waals surface area contributed by atoms with Crippen molar-refractivity contribution in [2.75, 3.05) is 0 Å². The van der Waals surface area contributed by atoms with Crippen LogP contribution < -0.4 is 5.32 Å². The Kier molecular flexibility index (Phi) is 3.31. The summed E-state index contributed by atoms with van der Waals surface area (Å²) >= 11 is 0. The molecule has 2 heterocycles. The first-order valence-corrected chi connectivity index (χ1v) is 5.34. The number of hydrogen-bond donors (Lipinski definition) is 1. The summed E-state index contributed by atoms with van der Waals surface area (Å²) < 4.78 is 2.01. The minimum Gasteiger partial charge on any atom is -0.337 e. The van der Waals surface area contributed by atoms with Crippen molar-refractivity contribution in [2.24, 2.45) is 7.05 Å². The molecule has 0 aliphatic rings. The third-order valence-electron chi connectivity index (χ3n) is 2.47. The molecule has 0 aliphatic heterocycles. The molecule has 0 unspecified atom stereocenters. The Morgan fingerprint density at radius 2 is 2.19 bits per heavy atom. The van der Waals surface area contributed by atoms with Crippen molar-refractivity contribution in [3.8, 4) is 0 Å². The van der Waals surface area contributed by atoms with Crippen LogP contribution in [0.25, 0.3) is 0 Å². The van der Waals surface area contributed by atoms with Gasteiger partial charge in [-0.3, -0.25) is 4.98 Å². The Hall–Kier alpha value is -1.68. The highest BCUT2D eigenvalue weighted by molar-refractivity contribution is 5.09. The van der Waals surface area contributed by atoms with Gasteiger partial charge < -0.3 is 9.88 Å². The zero-order valence-corrected chi connectivity index (χ0v) is 9.64. The summed E-state index contributed by atoms with van der Waals surface area (Å²) in [6.45, 7) is 3.60. The average Bonchev–Trinajstić information content (AvgIpc) is 2.65. The van der Waals surface area contributed by atoms with Gasteiger partial charge in [0.2, 0.25) is 0 Å². The molecule has 0 fully saturated rings. The molecule has 0 aliphatic carbocycles. The summed E-state index contributed by atoms with van der Waals surface area (Å²) in [4.78, 5) is 8.50. The number of hydrogen-bond acceptors (Lipinski definition) is 3. The first-order chi connectivity index (χ1) is 7.75. The van der Waals surface area contributed by atoms with Gasteiger partial charge in [-0.05, 0) is 19.1 Å². The van der Waals surface area contributed by atoms with Gasteiger partial charge in [0.15, 0.2) is 0 Å². The highest BCUT2D eigenvalue weighted by atomic mass is 15.0. The van der Waals surface area contributed by atoms with Crippen LogP contribution in [0.4, 0.5) is 0 Å². The summed E-state index contributed by atoms with van der Waals surface area (Å²) in [6, 6.07) is 6.07. The lowest BCUT2D eigenvalue weighted by Crippen LogP contribution is -2.15. The van der Waals surface area contributed by atoms with Crippen LogP contribution in [0.3, 0.4) is 0 Å². The Labute approximate surface area is 95.4 Å². The van der Waals surface area contributed by atoms with Gasteiger partial charge in [0.05, 0.1) is 17.7 Å². The van der Waals surface area contributed by atoms with Crippen molar-refractivity contribution in [1.82, 2.24) is 19.9 Å². The van der Waals surface area contributed by atoms with E-state index in [1.165, 1.54) is 5.69 Å². The van der Waals surface area contributed by atoms with Gasteiger partial charge in [-0.2, -0.15) is 0 Å². The number of imidazole rings is 1. The summed E-state index contributed by atoms with van der Waals surface area (Å²) in [6.07, 6.45) is 3.68. The number of aromatic nitrogens is 3. The first-order valence-electron chi connectivity index (χ1n) is 5.34. The lowest BCUT2D eigenvalue weighted by molar-refractivity contribution is 0.644. The predicted molar refractivity (Wildman–Crippen MR) is 62.7 cm³/mol. The summed E-state index contributed by atoms with van der Waals surface area (Å²) in [5.74, 6) is 0. The lowest BCUT2D eigenvalue weighted by Gasteiger charge is -2.05. The molecule has 2 aromatic rings. The maximum absolute atomic E-state index is 4.43. The van der Waals surface area contributed by atoms with Crippen LogP contribution in [-0.2, 0) is 20.1 Å². The van der Waals surface area contributed by atoms with E-state index in [0.29, 0.717) is 0 Å². The van der Waals surface area contributed by atoms with Crippen molar-refractivity contribution in [1.29, 1.82) is 0 Å². The Balaban J connectivity index is 1.87. The fourth-order valence-electron chi connectivity index (χ4n) is 1.57. The fourth-order valence-corrected chi connectivity index (χ4v) is 1.57. The van der Waals surface area contributed by atoms with Crippen molar-refractivity contribution in [3.05, 3.63) is 47.8 Å². The number of pyridine rings is 1. The normalized spacial score (nSPS) is 10.6. The van der Waals surface area contributed by atoms with E-state index in [-0.39, 0.29) is 0 Å². The van der Waals surface area contributed by atoms with Crippen LogP contribution >= 0.6 is 0 Å². The van der Waals surface area contributed by atoms with E-state index < -0.39 is 0 Å². The van der Waals surface area contributed by atoms with Crippen molar-refractivity contribution in [3.63, 3.8) is 0 Å². The quantitative estimate of drug-likeness (QED) is 0.840. The van der Waals surface area contributed by atoms with Gasteiger partial charge in [-0.25, -0.2) is 4.98 Å². The number of rotatable bonds is 4. The van der Waals surface area contributed by atoms with E-state index in [0.717, 1.165) is 24.5 Å². The molecule has 0 radical (unpaired) electrons. The first kappa shape index (κ1) is 10.8. The van der Waals surface area contributed by atoms with Gasteiger partial charge in [-0.15, -0.1) is 0 Å². The summed E-state index contributed by atoms with van der Waals surface area (Å²) in [5.41, 5.74) is 3.30. The second-order valence-corrected chi connectivity index (χ2v) is 3.87. The van der Waals surface area contributed by atoms with E-state index in [9.17, 15) is 0 Å². The molecular weight excluding hydrogens is 200 g/mol. The minimum atomic E-state index is 0.785. The maximum Gasteiger partial charge on any atom is 0.0945 e. The lowest BCUT2D eigenvalue weighted by atomic mass is 10.3. The molecular formula is C12H16N4. The average molecular weight is 216 g/mol. The van der Waals surface area contributed by atoms with Crippen LogP contribution in [-0.4, -0.2) is 14.5 Å². The monoisotopic (exact) mass is 216 g/mol. The van der Waals surface area contributed by atoms with E-state index in [4.69, 9.17) is 0 Å². The van der Waals surface area contributed by atoms with Crippen LogP contribution in [0.2, 0.25) is 0 Å². The molecule has 0 amide bonds. The molecule has 0 spiro atoms. The molecule has 16 heavy (non-hydrogen) atoms. The van der Waals surface area contributed by atoms with Gasteiger partial charge in [0, 0.05) is 32.0 Å². The van der Waals surface area contributed by atoms with Crippen LogP contribution in [0.15, 0.2) is 30.7 Å². The highest BCUT2D eigenvalue weighted by Gasteiger charge is 1.98. The summed E-state index contributed by atoms with van der Waals surface area (Å²) in [7, 11) is 1.99. The molecule has 0 aromatic carbocycles. The molecule has 84 valence electrons. The van der Waals surface area contributed by atoms with Crippen LogP contribution in [0.5, 0.6) is 0 Å². The molecule has 0 bridgehead atoms. The van der Waals surface area contributed by atoms with Gasteiger partial charge in [0.25, 0.3) is 0 Å². The summed E-state index contributed by atoms with van der Waals surface area (Å²) in [5, 5.41) is 3.35. The number of nitrogens with one attached hydrogen (secondary N) is 1. The zero-order valence-electron chi connectivity index (χ0n) is 9.64. The van der Waals surface area contributed by atoms with Crippen molar-refractivity contribution in [2.45, 2.75) is 20.0 Å². The zero-order chi connectivity index (χ0) is 11.4. The van der Waals surface area contributed by atoms with Gasteiger partial charge >= 0.3 is 0 Å². The smallest absolute Gasteiger partial charge is 0.0945 e. The van der Waals surface area contributed by atoms with E-state index in [2.05, 4.69) is 15.3 Å². The van der Waals surface area contributed by atoms with Crippen LogP contribution in [0.1, 0.15) is 17.1 Å². The van der Waals surface area contributed by atoms with Crippen LogP contribution in [0, 0.1) is 6.92 Å². The highest BCUT2D eigenvalue weighted by Crippen LogP contribution is 1.99. The number of aryl methyl sites for hydroxylation is 2. The topological polar surface area (TPSA) is 42.7 Å². The largest absolute Gasteiger partial charge is 0.337 e. The second kappa shape index (κ2) is 4.90. The Morgan fingerprint density at radius 1 is 1.31 bits per heavy atom. The molecule has 4 nitrogen and oxygen atoms in total. The Morgan fingerprint density at radius 3 is 2.88 bits per heavy atom. The third kappa shape index (κ3) is 2.67. The molecule has 4 heteroatoms. The molecule has 2 aromatic heterocycles. The molecule has 1 N–H and O–H groups in total. The standard InChI is InChI=1S/C12H16N4/c1-10-4-3-5-11(15-10)6-13-7-12-8-14-9-16(12)2/h3-5,8-9,13H,6-7H2,1-2H3. The Bertz CT molecular complexity index is 462. The van der Waals surface area contributed by atoms with E-state index >= 15 is 0 Å². The predicted octanol–water partition coefficient (Wildman–Crippen LogP) is 1.41. The molecule has 0 atom stereocenters. The van der Waals surface area contributed by atoms with Gasteiger partial charge in [-0.1, -0.05) is 6.07 Å². The maximum atomic E-state index is 4.43. The third-order valence-corrected chi connectivity index (χ3v) is 2.47. The SMILES string of the molecule is Cc1cccc(CNCc2cncn2C)n1.